The van der Waals surface area contributed by atoms with Crippen LogP contribution in [-0.2, 0) is 14.4 Å². The molecule has 8 heteroatoms. The third kappa shape index (κ3) is 5.81. The van der Waals surface area contributed by atoms with Crippen LogP contribution < -0.4 is 22.1 Å². The molecular weight excluding hydrogens is 244 g/mol. The van der Waals surface area contributed by atoms with Gasteiger partial charge in [0, 0.05) is 0 Å². The summed E-state index contributed by atoms with van der Waals surface area (Å²) in [5, 5.41) is 4.43. The van der Waals surface area contributed by atoms with Crippen molar-refractivity contribution in [2.45, 2.75) is 19.9 Å². The molecule has 0 aromatic heterocycles. The molecule has 6 N–H and O–H groups in total. The van der Waals surface area contributed by atoms with Crippen molar-refractivity contribution in [2.24, 2.45) is 17.4 Å². The third-order valence-corrected chi connectivity index (χ3v) is 2.03. The lowest BCUT2D eigenvalue weighted by Gasteiger charge is -2.18. The van der Waals surface area contributed by atoms with Crippen LogP contribution in [-0.4, -0.2) is 35.3 Å². The largest absolute Gasteiger partial charge is 0.392 e. The Morgan fingerprint density at radius 1 is 1.18 bits per heavy atom. The lowest BCUT2D eigenvalue weighted by molar-refractivity contribution is -0.140. The standard InChI is InChI=1S/C9H16N4O3S/c1-4(2)6(7(11)14)13-9(16)8(15)12-3-5(10)17/h4,6H,3H2,1-2H3,(H2,10,17)(H2,11,14)(H,12,15)(H,13,16). The van der Waals surface area contributed by atoms with Gasteiger partial charge < -0.3 is 22.1 Å². The second-order valence-electron chi connectivity index (χ2n) is 3.75. The summed E-state index contributed by atoms with van der Waals surface area (Å²) in [5.74, 6) is -2.77. The zero-order valence-corrected chi connectivity index (χ0v) is 10.5. The van der Waals surface area contributed by atoms with E-state index in [4.69, 9.17) is 11.5 Å². The Morgan fingerprint density at radius 2 is 1.71 bits per heavy atom. The molecule has 17 heavy (non-hydrogen) atoms. The zero-order chi connectivity index (χ0) is 13.6. The number of carbonyl (C=O) groups excluding carboxylic acids is 3. The molecule has 0 bridgehead atoms. The number of nitrogens with two attached hydrogens (primary N) is 2. The van der Waals surface area contributed by atoms with E-state index in [1.807, 2.05) is 0 Å². The van der Waals surface area contributed by atoms with E-state index in [-0.39, 0.29) is 17.5 Å². The van der Waals surface area contributed by atoms with Crippen LogP contribution in [0.15, 0.2) is 0 Å². The van der Waals surface area contributed by atoms with Crippen LogP contribution in [0.3, 0.4) is 0 Å². The van der Waals surface area contributed by atoms with E-state index in [2.05, 4.69) is 22.9 Å². The van der Waals surface area contributed by atoms with Crippen molar-refractivity contribution >= 4 is 34.9 Å². The highest BCUT2D eigenvalue weighted by atomic mass is 32.1. The molecule has 0 aliphatic carbocycles. The molecule has 0 radical (unpaired) electrons. The Kier molecular flexibility index (Phi) is 6.11. The monoisotopic (exact) mass is 260 g/mol. The number of amides is 3. The van der Waals surface area contributed by atoms with Gasteiger partial charge in [0.25, 0.3) is 0 Å². The van der Waals surface area contributed by atoms with Crippen molar-refractivity contribution in [2.75, 3.05) is 6.54 Å². The number of carbonyl (C=O) groups is 3. The van der Waals surface area contributed by atoms with Gasteiger partial charge in [-0.3, -0.25) is 14.4 Å². The Labute approximate surface area is 104 Å². The molecule has 0 fully saturated rings. The molecule has 0 aromatic carbocycles. The van der Waals surface area contributed by atoms with Gasteiger partial charge in [-0.15, -0.1) is 0 Å². The van der Waals surface area contributed by atoms with Crippen LogP contribution in [0.5, 0.6) is 0 Å². The Balaban J connectivity index is 4.36. The average molecular weight is 260 g/mol. The molecule has 96 valence electrons. The lowest BCUT2D eigenvalue weighted by Crippen LogP contribution is -2.52. The molecule has 0 spiro atoms. The van der Waals surface area contributed by atoms with Crippen molar-refractivity contribution in [1.82, 2.24) is 10.6 Å². The first-order valence-corrected chi connectivity index (χ1v) is 5.32. The minimum Gasteiger partial charge on any atom is -0.392 e. The van der Waals surface area contributed by atoms with Crippen LogP contribution in [0.25, 0.3) is 0 Å². The predicted molar refractivity (Wildman–Crippen MR) is 65.8 cm³/mol. The van der Waals surface area contributed by atoms with Crippen LogP contribution in [0.4, 0.5) is 0 Å². The maximum absolute atomic E-state index is 11.4. The summed E-state index contributed by atoms with van der Waals surface area (Å²) in [6.07, 6.45) is 0. The van der Waals surface area contributed by atoms with E-state index in [0.29, 0.717) is 0 Å². The summed E-state index contributed by atoms with van der Waals surface area (Å²) in [7, 11) is 0. The number of hydrogen-bond acceptors (Lipinski definition) is 4. The first-order chi connectivity index (χ1) is 7.75. The number of nitrogens with one attached hydrogen (secondary N) is 2. The van der Waals surface area contributed by atoms with Gasteiger partial charge in [-0.2, -0.15) is 0 Å². The molecule has 1 atom stereocenters. The summed E-state index contributed by atoms with van der Waals surface area (Å²) >= 11 is 4.53. The van der Waals surface area contributed by atoms with Crippen molar-refractivity contribution in [1.29, 1.82) is 0 Å². The topological polar surface area (TPSA) is 127 Å². The maximum atomic E-state index is 11.4. The van der Waals surface area contributed by atoms with Gasteiger partial charge >= 0.3 is 11.8 Å². The van der Waals surface area contributed by atoms with E-state index in [9.17, 15) is 14.4 Å². The minimum atomic E-state index is -0.946. The Hall–Kier alpha value is -1.70. The van der Waals surface area contributed by atoms with Crippen molar-refractivity contribution in [3.8, 4) is 0 Å². The molecule has 0 aromatic rings. The van der Waals surface area contributed by atoms with Crippen LogP contribution in [0.2, 0.25) is 0 Å². The SMILES string of the molecule is CC(C)C(NC(=O)C(=O)NCC(N)=S)C(N)=O. The van der Waals surface area contributed by atoms with Gasteiger partial charge in [0.15, 0.2) is 0 Å². The predicted octanol–water partition coefficient (Wildman–Crippen LogP) is -1.99. The molecule has 1 unspecified atom stereocenters. The first-order valence-electron chi connectivity index (χ1n) is 4.92. The summed E-state index contributed by atoms with van der Waals surface area (Å²) < 4.78 is 0. The summed E-state index contributed by atoms with van der Waals surface area (Å²) in [4.78, 5) is 33.7. The average Bonchev–Trinajstić information content (AvgIpc) is 2.20. The summed E-state index contributed by atoms with van der Waals surface area (Å²) in [5.41, 5.74) is 10.2. The molecule has 0 saturated heterocycles. The van der Waals surface area contributed by atoms with Crippen LogP contribution in [0.1, 0.15) is 13.8 Å². The van der Waals surface area contributed by atoms with Gasteiger partial charge in [-0.1, -0.05) is 26.1 Å². The van der Waals surface area contributed by atoms with E-state index < -0.39 is 23.8 Å². The van der Waals surface area contributed by atoms with Gasteiger partial charge in [-0.05, 0) is 5.92 Å². The van der Waals surface area contributed by atoms with Gasteiger partial charge in [-0.25, -0.2) is 0 Å². The zero-order valence-electron chi connectivity index (χ0n) is 9.65. The smallest absolute Gasteiger partial charge is 0.309 e. The Morgan fingerprint density at radius 3 is 2.06 bits per heavy atom. The fourth-order valence-electron chi connectivity index (χ4n) is 1.02. The molecule has 3 amide bonds. The van der Waals surface area contributed by atoms with Gasteiger partial charge in [0.1, 0.15) is 6.04 Å². The molecule has 0 rings (SSSR count). The fourth-order valence-corrected chi connectivity index (χ4v) is 1.09. The highest BCUT2D eigenvalue weighted by Gasteiger charge is 2.24. The van der Waals surface area contributed by atoms with E-state index in [1.165, 1.54) is 0 Å². The fraction of sp³-hybridized carbons (Fsp3) is 0.556. The number of rotatable bonds is 5. The normalized spacial score (nSPS) is 11.7. The molecule has 0 heterocycles. The maximum Gasteiger partial charge on any atom is 0.309 e. The van der Waals surface area contributed by atoms with E-state index >= 15 is 0 Å². The summed E-state index contributed by atoms with van der Waals surface area (Å²) in [6, 6.07) is -0.891. The number of hydrogen-bond donors (Lipinski definition) is 4. The van der Waals surface area contributed by atoms with Gasteiger partial charge in [0.05, 0.1) is 11.5 Å². The van der Waals surface area contributed by atoms with Crippen LogP contribution in [0, 0.1) is 5.92 Å². The Bertz CT molecular complexity index is 343. The van der Waals surface area contributed by atoms with E-state index in [0.717, 1.165) is 0 Å². The number of thiocarbonyl (C=S) groups is 1. The first kappa shape index (κ1) is 15.3. The van der Waals surface area contributed by atoms with Crippen molar-refractivity contribution < 1.29 is 14.4 Å². The van der Waals surface area contributed by atoms with Gasteiger partial charge in [0.2, 0.25) is 5.91 Å². The molecule has 0 aliphatic rings. The molecule has 7 nitrogen and oxygen atoms in total. The number of primary amides is 1. The summed E-state index contributed by atoms with van der Waals surface area (Å²) in [6.45, 7) is 3.32. The molecule has 0 aliphatic heterocycles. The van der Waals surface area contributed by atoms with E-state index in [1.54, 1.807) is 13.8 Å². The quantitative estimate of drug-likeness (QED) is 0.336. The highest BCUT2D eigenvalue weighted by molar-refractivity contribution is 7.80. The minimum absolute atomic E-state index is 0.0569. The second-order valence-corrected chi connectivity index (χ2v) is 4.27. The molecular formula is C9H16N4O3S. The molecule has 0 saturated carbocycles. The lowest BCUT2D eigenvalue weighted by atomic mass is 10.0. The van der Waals surface area contributed by atoms with Crippen molar-refractivity contribution in [3.63, 3.8) is 0 Å². The van der Waals surface area contributed by atoms with Crippen LogP contribution >= 0.6 is 12.2 Å². The third-order valence-electron chi connectivity index (χ3n) is 1.89. The highest BCUT2D eigenvalue weighted by Crippen LogP contribution is 2.00. The van der Waals surface area contributed by atoms with Crippen molar-refractivity contribution in [3.05, 3.63) is 0 Å². The second kappa shape index (κ2) is 6.79.